The van der Waals surface area contributed by atoms with Gasteiger partial charge in [-0.2, -0.15) is 0 Å². The molecule has 1 heterocycles. The lowest BCUT2D eigenvalue weighted by Crippen LogP contribution is -2.39. The van der Waals surface area contributed by atoms with Crippen LogP contribution in [0.1, 0.15) is 36.3 Å². The molecule has 0 radical (unpaired) electrons. The minimum Gasteiger partial charge on any atom is -0.465 e. The Bertz CT molecular complexity index is 515. The molecule has 5 nitrogen and oxygen atoms in total. The van der Waals surface area contributed by atoms with E-state index in [0.29, 0.717) is 17.1 Å². The minimum atomic E-state index is -3.50. The fraction of sp³-hybridized carbons (Fsp3) is 0.636. The topological polar surface area (TPSA) is 85.3 Å². The molecule has 0 amide bonds. The van der Waals surface area contributed by atoms with Crippen molar-refractivity contribution >= 4 is 10.0 Å². The number of nitrogens with one attached hydrogen (secondary N) is 1. The van der Waals surface area contributed by atoms with Gasteiger partial charge in [0.25, 0.3) is 0 Å². The van der Waals surface area contributed by atoms with Crippen LogP contribution in [-0.2, 0) is 16.6 Å². The quantitative estimate of drug-likeness (QED) is 0.849. The van der Waals surface area contributed by atoms with Crippen LogP contribution in [0.2, 0.25) is 0 Å². The fourth-order valence-corrected chi connectivity index (χ4v) is 3.87. The lowest BCUT2D eigenvalue weighted by Gasteiger charge is -2.26. The molecular formula is C11H18N2O3S. The summed E-state index contributed by atoms with van der Waals surface area (Å²) in [6.07, 6.45) is 2.90. The second kappa shape index (κ2) is 4.44. The van der Waals surface area contributed by atoms with Crippen LogP contribution in [-0.4, -0.2) is 14.5 Å². The maximum atomic E-state index is 12.2. The van der Waals surface area contributed by atoms with Crippen LogP contribution < -0.4 is 10.5 Å². The highest BCUT2D eigenvalue weighted by Crippen LogP contribution is 2.28. The molecule has 1 aliphatic rings. The average Bonchev–Trinajstić information content (AvgIpc) is 2.47. The van der Waals surface area contributed by atoms with Gasteiger partial charge in [0.05, 0.1) is 0 Å². The van der Waals surface area contributed by atoms with Gasteiger partial charge in [-0.3, -0.25) is 0 Å². The van der Waals surface area contributed by atoms with Crippen LogP contribution in [0.25, 0.3) is 0 Å². The third-order valence-electron chi connectivity index (χ3n) is 3.22. The van der Waals surface area contributed by atoms with Gasteiger partial charge in [0.1, 0.15) is 16.4 Å². The smallest absolute Gasteiger partial charge is 0.244 e. The van der Waals surface area contributed by atoms with E-state index < -0.39 is 10.0 Å². The first kappa shape index (κ1) is 12.6. The van der Waals surface area contributed by atoms with E-state index in [2.05, 4.69) is 4.72 Å². The Morgan fingerprint density at radius 3 is 2.47 bits per heavy atom. The summed E-state index contributed by atoms with van der Waals surface area (Å²) in [5.74, 6) is 0.994. The predicted octanol–water partition coefficient (Wildman–Crippen LogP) is 1.19. The van der Waals surface area contributed by atoms with Crippen molar-refractivity contribution in [1.82, 2.24) is 4.72 Å². The second-order valence-corrected chi connectivity index (χ2v) is 6.13. The van der Waals surface area contributed by atoms with Crippen molar-refractivity contribution in [3.63, 3.8) is 0 Å². The van der Waals surface area contributed by atoms with Gasteiger partial charge in [-0.15, -0.1) is 0 Å². The first-order chi connectivity index (χ1) is 7.95. The lowest BCUT2D eigenvalue weighted by atomic mass is 9.94. The molecule has 1 aromatic heterocycles. The molecule has 2 rings (SSSR count). The van der Waals surface area contributed by atoms with Crippen LogP contribution >= 0.6 is 0 Å². The van der Waals surface area contributed by atoms with Gasteiger partial charge in [0, 0.05) is 18.2 Å². The van der Waals surface area contributed by atoms with Crippen molar-refractivity contribution in [3.05, 3.63) is 17.1 Å². The van der Waals surface area contributed by atoms with Crippen molar-refractivity contribution in [2.45, 2.75) is 50.6 Å². The summed E-state index contributed by atoms with van der Waals surface area (Å²) in [6, 6.07) is 0.0697. The van der Waals surface area contributed by atoms with Gasteiger partial charge >= 0.3 is 0 Å². The molecule has 17 heavy (non-hydrogen) atoms. The van der Waals surface area contributed by atoms with E-state index >= 15 is 0 Å². The Balaban J connectivity index is 2.37. The van der Waals surface area contributed by atoms with E-state index in [4.69, 9.17) is 10.2 Å². The van der Waals surface area contributed by atoms with Crippen molar-refractivity contribution in [2.24, 2.45) is 5.73 Å². The summed E-state index contributed by atoms with van der Waals surface area (Å²) >= 11 is 0. The maximum absolute atomic E-state index is 12.2. The zero-order valence-corrected chi connectivity index (χ0v) is 10.9. The standard InChI is InChI=1S/C11H18N2O3S/c1-7-10(6-12)11(8(2)16-7)17(14,15)13-9-4-3-5-9/h9,13H,3-6,12H2,1-2H3. The molecule has 6 heteroatoms. The molecule has 0 atom stereocenters. The van der Waals surface area contributed by atoms with E-state index in [1.807, 2.05) is 0 Å². The van der Waals surface area contributed by atoms with E-state index in [1.54, 1.807) is 13.8 Å². The molecule has 1 aliphatic carbocycles. The van der Waals surface area contributed by atoms with Crippen LogP contribution in [0.4, 0.5) is 0 Å². The molecule has 3 N–H and O–H groups in total. The second-order valence-electron chi connectivity index (χ2n) is 4.48. The van der Waals surface area contributed by atoms with Gasteiger partial charge in [-0.1, -0.05) is 6.42 Å². The normalized spacial score (nSPS) is 17.1. The van der Waals surface area contributed by atoms with Crippen molar-refractivity contribution in [1.29, 1.82) is 0 Å². The Morgan fingerprint density at radius 1 is 1.35 bits per heavy atom. The average molecular weight is 258 g/mol. The molecule has 0 aromatic carbocycles. The molecule has 1 saturated carbocycles. The number of nitrogens with two attached hydrogens (primary N) is 1. The summed E-state index contributed by atoms with van der Waals surface area (Å²) in [4.78, 5) is 0.226. The van der Waals surface area contributed by atoms with E-state index in [9.17, 15) is 8.42 Å². The Labute approximate surface area is 101 Å². The SMILES string of the molecule is Cc1oc(C)c(S(=O)(=O)NC2CCC2)c1CN. The summed E-state index contributed by atoms with van der Waals surface area (Å²) in [5.41, 5.74) is 6.16. The van der Waals surface area contributed by atoms with Gasteiger partial charge in [-0.05, 0) is 26.7 Å². The Kier molecular flexibility index (Phi) is 3.29. The third kappa shape index (κ3) is 2.25. The number of furan rings is 1. The highest BCUT2D eigenvalue weighted by molar-refractivity contribution is 7.89. The molecule has 0 saturated heterocycles. The minimum absolute atomic E-state index is 0.0697. The molecule has 0 spiro atoms. The molecule has 1 aromatic rings. The zero-order chi connectivity index (χ0) is 12.6. The fourth-order valence-electron chi connectivity index (χ4n) is 2.10. The third-order valence-corrected chi connectivity index (χ3v) is 4.94. The van der Waals surface area contributed by atoms with Gasteiger partial charge < -0.3 is 10.2 Å². The molecule has 0 unspecified atom stereocenters. The largest absolute Gasteiger partial charge is 0.465 e. The summed E-state index contributed by atoms with van der Waals surface area (Å²) < 4.78 is 32.5. The number of hydrogen-bond donors (Lipinski definition) is 2. The molecular weight excluding hydrogens is 240 g/mol. The van der Waals surface area contributed by atoms with Crippen LogP contribution in [0, 0.1) is 13.8 Å². The predicted molar refractivity (Wildman–Crippen MR) is 64.0 cm³/mol. The van der Waals surface area contributed by atoms with Gasteiger partial charge in [-0.25, -0.2) is 13.1 Å². The monoisotopic (exact) mass is 258 g/mol. The Morgan fingerprint density at radius 2 is 2.00 bits per heavy atom. The van der Waals surface area contributed by atoms with Crippen molar-refractivity contribution in [2.75, 3.05) is 0 Å². The van der Waals surface area contributed by atoms with E-state index in [1.165, 1.54) is 0 Å². The van der Waals surface area contributed by atoms with Gasteiger partial charge in [0.15, 0.2) is 0 Å². The lowest BCUT2D eigenvalue weighted by molar-refractivity contribution is 0.383. The highest BCUT2D eigenvalue weighted by Gasteiger charge is 2.30. The number of hydrogen-bond acceptors (Lipinski definition) is 4. The first-order valence-electron chi connectivity index (χ1n) is 5.77. The van der Waals surface area contributed by atoms with Crippen molar-refractivity contribution in [3.8, 4) is 0 Å². The summed E-state index contributed by atoms with van der Waals surface area (Å²) in [7, 11) is -3.50. The highest BCUT2D eigenvalue weighted by atomic mass is 32.2. The number of rotatable bonds is 4. The maximum Gasteiger partial charge on any atom is 0.244 e. The van der Waals surface area contributed by atoms with E-state index in [-0.39, 0.29) is 17.5 Å². The molecule has 1 fully saturated rings. The van der Waals surface area contributed by atoms with Crippen LogP contribution in [0.3, 0.4) is 0 Å². The van der Waals surface area contributed by atoms with Gasteiger partial charge in [0.2, 0.25) is 10.0 Å². The van der Waals surface area contributed by atoms with Crippen molar-refractivity contribution < 1.29 is 12.8 Å². The first-order valence-corrected chi connectivity index (χ1v) is 7.25. The summed E-state index contributed by atoms with van der Waals surface area (Å²) in [6.45, 7) is 3.56. The number of sulfonamides is 1. The van der Waals surface area contributed by atoms with E-state index in [0.717, 1.165) is 19.3 Å². The Hall–Kier alpha value is -0.850. The summed E-state index contributed by atoms with van der Waals surface area (Å²) in [5, 5.41) is 0. The number of aryl methyl sites for hydroxylation is 2. The van der Waals surface area contributed by atoms with Crippen LogP contribution in [0.15, 0.2) is 9.31 Å². The zero-order valence-electron chi connectivity index (χ0n) is 10.1. The van der Waals surface area contributed by atoms with Crippen LogP contribution in [0.5, 0.6) is 0 Å². The molecule has 0 bridgehead atoms. The molecule has 96 valence electrons. The molecule has 0 aliphatic heterocycles.